The van der Waals surface area contributed by atoms with Gasteiger partial charge in [-0.15, -0.1) is 0 Å². The summed E-state index contributed by atoms with van der Waals surface area (Å²) in [5.41, 5.74) is 0. The van der Waals surface area contributed by atoms with Crippen LogP contribution < -0.4 is 5.32 Å². The molecule has 0 saturated heterocycles. The molecule has 1 N–H and O–H groups in total. The van der Waals surface area contributed by atoms with Gasteiger partial charge in [-0.25, -0.2) is 0 Å². The van der Waals surface area contributed by atoms with E-state index in [-0.39, 0.29) is 12.1 Å². The average molecular weight is 309 g/mol. The van der Waals surface area contributed by atoms with E-state index in [9.17, 15) is 13.2 Å². The van der Waals surface area contributed by atoms with E-state index in [1.807, 2.05) is 7.05 Å². The Morgan fingerprint density at radius 3 is 1.86 bits per heavy atom. The second-order valence-electron chi connectivity index (χ2n) is 6.16. The van der Waals surface area contributed by atoms with Crippen molar-refractivity contribution in [2.75, 3.05) is 7.05 Å². The molecule has 1 aliphatic carbocycles. The highest BCUT2D eigenvalue weighted by molar-refractivity contribution is 4.79. The monoisotopic (exact) mass is 309 g/mol. The highest BCUT2D eigenvalue weighted by Crippen LogP contribution is 2.27. The molecular weight excluding hydrogens is 279 g/mol. The van der Waals surface area contributed by atoms with Crippen LogP contribution in [-0.4, -0.2) is 31.5 Å². The summed E-state index contributed by atoms with van der Waals surface area (Å²) in [4.78, 5) is 0. The van der Waals surface area contributed by atoms with Crippen LogP contribution in [0.2, 0.25) is 0 Å². The molecule has 0 aromatic rings. The first-order valence-corrected chi connectivity index (χ1v) is 8.34. The van der Waals surface area contributed by atoms with Gasteiger partial charge < -0.3 is 10.1 Å². The molecule has 1 aliphatic rings. The van der Waals surface area contributed by atoms with Crippen molar-refractivity contribution in [3.05, 3.63) is 0 Å². The van der Waals surface area contributed by atoms with E-state index in [0.717, 1.165) is 32.6 Å². The topological polar surface area (TPSA) is 21.3 Å². The molecule has 21 heavy (non-hydrogen) atoms. The number of halogens is 3. The van der Waals surface area contributed by atoms with Gasteiger partial charge in [0.05, 0.1) is 6.10 Å². The average Bonchev–Trinajstić information content (AvgIpc) is 2.40. The summed E-state index contributed by atoms with van der Waals surface area (Å²) >= 11 is 0. The van der Waals surface area contributed by atoms with Crippen molar-refractivity contribution < 1.29 is 17.9 Å². The second-order valence-corrected chi connectivity index (χ2v) is 6.16. The number of alkyl halides is 3. The van der Waals surface area contributed by atoms with Crippen molar-refractivity contribution in [2.45, 2.75) is 95.6 Å². The molecule has 3 unspecified atom stereocenters. The third kappa shape index (κ3) is 7.50. The molecule has 0 aromatic carbocycles. The summed E-state index contributed by atoms with van der Waals surface area (Å²) in [5.74, 6) is 0. The van der Waals surface area contributed by atoms with Crippen molar-refractivity contribution in [2.24, 2.45) is 0 Å². The lowest BCUT2D eigenvalue weighted by molar-refractivity contribution is -0.230. The number of hydrogen-bond donors (Lipinski definition) is 1. The molecule has 1 rings (SSSR count). The van der Waals surface area contributed by atoms with Crippen LogP contribution >= 0.6 is 0 Å². The zero-order valence-corrected chi connectivity index (χ0v) is 13.3. The first-order valence-electron chi connectivity index (χ1n) is 8.34. The fraction of sp³-hybridized carbons (Fsp3) is 1.00. The van der Waals surface area contributed by atoms with Gasteiger partial charge >= 0.3 is 6.18 Å². The molecule has 2 nitrogen and oxygen atoms in total. The van der Waals surface area contributed by atoms with Crippen LogP contribution in [-0.2, 0) is 4.74 Å². The Balaban J connectivity index is 2.61. The minimum Gasteiger partial charge on any atom is -0.364 e. The fourth-order valence-corrected chi connectivity index (χ4v) is 2.99. The lowest BCUT2D eigenvalue weighted by Crippen LogP contribution is -2.44. The van der Waals surface area contributed by atoms with E-state index in [1.54, 1.807) is 0 Å². The summed E-state index contributed by atoms with van der Waals surface area (Å²) in [5, 5.41) is 3.17. The Morgan fingerprint density at radius 2 is 1.38 bits per heavy atom. The lowest BCUT2D eigenvalue weighted by Gasteiger charge is -2.31. The van der Waals surface area contributed by atoms with E-state index in [0.29, 0.717) is 6.42 Å². The number of ether oxygens (including phenoxy) is 1. The summed E-state index contributed by atoms with van der Waals surface area (Å²) in [7, 11) is 1.82. The Kier molecular flexibility index (Phi) is 8.64. The third-order valence-electron chi connectivity index (χ3n) is 4.41. The van der Waals surface area contributed by atoms with Crippen molar-refractivity contribution >= 4 is 0 Å². The van der Waals surface area contributed by atoms with Gasteiger partial charge in [-0.2, -0.15) is 13.2 Å². The SMILES string of the molecule is CNC1CCCCCCCCCCC1OC(C)C(F)(F)F. The van der Waals surface area contributed by atoms with Gasteiger partial charge in [0, 0.05) is 6.04 Å². The van der Waals surface area contributed by atoms with Crippen LogP contribution in [0.15, 0.2) is 0 Å². The van der Waals surface area contributed by atoms with E-state index in [1.165, 1.54) is 32.1 Å². The molecule has 126 valence electrons. The molecule has 0 bridgehead atoms. The van der Waals surface area contributed by atoms with E-state index in [4.69, 9.17) is 4.74 Å². The van der Waals surface area contributed by atoms with E-state index in [2.05, 4.69) is 5.32 Å². The van der Waals surface area contributed by atoms with Gasteiger partial charge in [-0.05, 0) is 26.8 Å². The number of hydrogen-bond acceptors (Lipinski definition) is 2. The molecular formula is C16H30F3NO. The maximum Gasteiger partial charge on any atom is 0.414 e. The quantitative estimate of drug-likeness (QED) is 0.806. The Labute approximate surface area is 126 Å². The van der Waals surface area contributed by atoms with Crippen LogP contribution in [0.3, 0.4) is 0 Å². The Hall–Kier alpha value is -0.290. The number of rotatable bonds is 3. The molecule has 0 heterocycles. The van der Waals surface area contributed by atoms with Crippen LogP contribution in [0, 0.1) is 0 Å². The smallest absolute Gasteiger partial charge is 0.364 e. The number of likely N-dealkylation sites (N-methyl/N-ethyl adjacent to an activating group) is 1. The van der Waals surface area contributed by atoms with Crippen molar-refractivity contribution in [1.82, 2.24) is 5.32 Å². The Bertz CT molecular complexity index is 271. The van der Waals surface area contributed by atoms with Crippen LogP contribution in [0.5, 0.6) is 0 Å². The van der Waals surface area contributed by atoms with Gasteiger partial charge in [0.2, 0.25) is 0 Å². The van der Waals surface area contributed by atoms with Gasteiger partial charge in [0.15, 0.2) is 6.10 Å². The zero-order valence-electron chi connectivity index (χ0n) is 13.3. The van der Waals surface area contributed by atoms with Crippen molar-refractivity contribution in [1.29, 1.82) is 0 Å². The number of nitrogens with one attached hydrogen (secondary N) is 1. The molecule has 5 heteroatoms. The largest absolute Gasteiger partial charge is 0.414 e. The minimum absolute atomic E-state index is 0.0224. The maximum absolute atomic E-state index is 12.7. The van der Waals surface area contributed by atoms with Gasteiger partial charge in [0.25, 0.3) is 0 Å². The molecule has 0 radical (unpaired) electrons. The lowest BCUT2D eigenvalue weighted by atomic mass is 9.95. The van der Waals surface area contributed by atoms with Gasteiger partial charge in [-0.1, -0.05) is 51.4 Å². The van der Waals surface area contributed by atoms with Crippen LogP contribution in [0.25, 0.3) is 0 Å². The first kappa shape index (κ1) is 18.8. The minimum atomic E-state index is -4.28. The highest BCUT2D eigenvalue weighted by Gasteiger charge is 2.39. The second kappa shape index (κ2) is 9.67. The highest BCUT2D eigenvalue weighted by atomic mass is 19.4. The molecule has 0 aliphatic heterocycles. The zero-order chi connectivity index (χ0) is 15.7. The predicted molar refractivity (Wildman–Crippen MR) is 79.4 cm³/mol. The van der Waals surface area contributed by atoms with Crippen LogP contribution in [0.1, 0.15) is 71.1 Å². The molecule has 0 aromatic heterocycles. The molecule has 1 fully saturated rings. The first-order chi connectivity index (χ1) is 9.95. The van der Waals surface area contributed by atoms with E-state index < -0.39 is 12.3 Å². The van der Waals surface area contributed by atoms with Gasteiger partial charge in [-0.3, -0.25) is 0 Å². The molecule has 0 spiro atoms. The predicted octanol–water partition coefficient (Wildman–Crippen LogP) is 4.83. The molecule has 0 amide bonds. The maximum atomic E-state index is 12.7. The fourth-order valence-electron chi connectivity index (χ4n) is 2.99. The Morgan fingerprint density at radius 1 is 0.905 bits per heavy atom. The summed E-state index contributed by atoms with van der Waals surface area (Å²) in [6.45, 7) is 1.11. The van der Waals surface area contributed by atoms with E-state index >= 15 is 0 Å². The third-order valence-corrected chi connectivity index (χ3v) is 4.41. The molecule has 1 saturated carbocycles. The molecule has 3 atom stereocenters. The summed E-state index contributed by atoms with van der Waals surface area (Å²) in [6.07, 6.45) is 4.54. The van der Waals surface area contributed by atoms with Crippen molar-refractivity contribution in [3.8, 4) is 0 Å². The summed E-state index contributed by atoms with van der Waals surface area (Å²) in [6, 6.07) is 0.0224. The van der Waals surface area contributed by atoms with Crippen molar-refractivity contribution in [3.63, 3.8) is 0 Å². The van der Waals surface area contributed by atoms with Gasteiger partial charge in [0.1, 0.15) is 0 Å². The van der Waals surface area contributed by atoms with Crippen LogP contribution in [0.4, 0.5) is 13.2 Å². The summed E-state index contributed by atoms with van der Waals surface area (Å²) < 4.78 is 43.6. The standard InChI is InChI=1S/C16H30F3NO/c1-13(16(17,18)19)21-15-12-10-8-6-4-3-5-7-9-11-14(15)20-2/h13-15,20H,3-12H2,1-2H3. The normalized spacial score (nSPS) is 28.4.